The molecule has 15 heavy (non-hydrogen) atoms. The SMILES string of the molecule is CC1(NCCC2(N)CCC2)CCOCC1. The predicted octanol–water partition coefficient (Wildman–Crippen LogP) is 1.42. The Balaban J connectivity index is 1.67. The molecule has 2 rings (SSSR count). The highest BCUT2D eigenvalue weighted by Gasteiger charge is 2.33. The number of nitrogens with two attached hydrogens (primary N) is 1. The Morgan fingerprint density at radius 1 is 1.20 bits per heavy atom. The Morgan fingerprint density at radius 2 is 1.87 bits per heavy atom. The van der Waals surface area contributed by atoms with Crippen LogP contribution in [0.4, 0.5) is 0 Å². The molecule has 3 heteroatoms. The van der Waals surface area contributed by atoms with Gasteiger partial charge in [0.2, 0.25) is 0 Å². The van der Waals surface area contributed by atoms with E-state index in [2.05, 4.69) is 12.2 Å². The first kappa shape index (κ1) is 11.4. The van der Waals surface area contributed by atoms with Crippen LogP contribution in [0.2, 0.25) is 0 Å². The van der Waals surface area contributed by atoms with E-state index in [0.29, 0.717) is 5.54 Å². The second-order valence-electron chi connectivity index (χ2n) is 5.57. The average molecular weight is 212 g/mol. The lowest BCUT2D eigenvalue weighted by molar-refractivity contribution is 0.0439. The summed E-state index contributed by atoms with van der Waals surface area (Å²) >= 11 is 0. The molecule has 0 spiro atoms. The van der Waals surface area contributed by atoms with Gasteiger partial charge in [0.25, 0.3) is 0 Å². The zero-order chi connectivity index (χ0) is 10.8. The van der Waals surface area contributed by atoms with Gasteiger partial charge in [-0.3, -0.25) is 0 Å². The zero-order valence-corrected chi connectivity index (χ0v) is 9.85. The first-order valence-electron chi connectivity index (χ1n) is 6.24. The molecule has 2 fully saturated rings. The molecule has 1 heterocycles. The van der Waals surface area contributed by atoms with E-state index in [9.17, 15) is 0 Å². The van der Waals surface area contributed by atoms with Crippen LogP contribution in [-0.2, 0) is 4.74 Å². The molecule has 0 atom stereocenters. The fourth-order valence-electron chi connectivity index (χ4n) is 2.49. The second kappa shape index (κ2) is 4.40. The summed E-state index contributed by atoms with van der Waals surface area (Å²) in [4.78, 5) is 0. The third-order valence-corrected chi connectivity index (χ3v) is 4.12. The maximum atomic E-state index is 6.20. The van der Waals surface area contributed by atoms with Crippen LogP contribution in [0, 0.1) is 0 Å². The van der Waals surface area contributed by atoms with Crippen LogP contribution in [0.25, 0.3) is 0 Å². The molecule has 0 bridgehead atoms. The highest BCUT2D eigenvalue weighted by atomic mass is 16.5. The molecule has 0 unspecified atom stereocenters. The van der Waals surface area contributed by atoms with Crippen LogP contribution in [0.5, 0.6) is 0 Å². The summed E-state index contributed by atoms with van der Waals surface area (Å²) < 4.78 is 5.38. The molecule has 0 aromatic heterocycles. The van der Waals surface area contributed by atoms with E-state index in [4.69, 9.17) is 10.5 Å². The fraction of sp³-hybridized carbons (Fsp3) is 1.00. The molecule has 0 amide bonds. The quantitative estimate of drug-likeness (QED) is 0.741. The van der Waals surface area contributed by atoms with Crippen molar-refractivity contribution in [2.24, 2.45) is 5.73 Å². The van der Waals surface area contributed by atoms with Crippen molar-refractivity contribution in [2.75, 3.05) is 19.8 Å². The topological polar surface area (TPSA) is 47.3 Å². The Kier molecular flexibility index (Phi) is 3.33. The van der Waals surface area contributed by atoms with Crippen molar-refractivity contribution in [3.05, 3.63) is 0 Å². The lowest BCUT2D eigenvalue weighted by atomic mass is 9.75. The molecular formula is C12H24N2O. The summed E-state index contributed by atoms with van der Waals surface area (Å²) in [7, 11) is 0. The van der Waals surface area contributed by atoms with Gasteiger partial charge >= 0.3 is 0 Å². The maximum Gasteiger partial charge on any atom is 0.0483 e. The van der Waals surface area contributed by atoms with Gasteiger partial charge in [0.05, 0.1) is 0 Å². The van der Waals surface area contributed by atoms with Crippen molar-refractivity contribution in [3.63, 3.8) is 0 Å². The number of ether oxygens (including phenoxy) is 1. The minimum Gasteiger partial charge on any atom is -0.381 e. The molecule has 88 valence electrons. The molecule has 1 aliphatic heterocycles. The van der Waals surface area contributed by atoms with Gasteiger partial charge < -0.3 is 15.8 Å². The van der Waals surface area contributed by atoms with Crippen molar-refractivity contribution in [1.29, 1.82) is 0 Å². The maximum absolute atomic E-state index is 6.20. The van der Waals surface area contributed by atoms with Crippen molar-refractivity contribution < 1.29 is 4.74 Å². The van der Waals surface area contributed by atoms with Crippen LogP contribution < -0.4 is 11.1 Å². The smallest absolute Gasteiger partial charge is 0.0483 e. The van der Waals surface area contributed by atoms with E-state index in [-0.39, 0.29) is 5.54 Å². The van der Waals surface area contributed by atoms with Crippen molar-refractivity contribution in [1.82, 2.24) is 5.32 Å². The first-order valence-corrected chi connectivity index (χ1v) is 6.24. The summed E-state index contributed by atoms with van der Waals surface area (Å²) in [5.41, 5.74) is 6.65. The standard InChI is InChI=1S/C12H24N2O/c1-11(6-9-15-10-7-11)14-8-5-12(13)3-2-4-12/h14H,2-10,13H2,1H3. The highest BCUT2D eigenvalue weighted by molar-refractivity contribution is 4.94. The van der Waals surface area contributed by atoms with Gasteiger partial charge in [0.1, 0.15) is 0 Å². The normalized spacial score (nSPS) is 28.4. The van der Waals surface area contributed by atoms with Crippen LogP contribution in [-0.4, -0.2) is 30.8 Å². The summed E-state index contributed by atoms with van der Waals surface area (Å²) in [5.74, 6) is 0. The summed E-state index contributed by atoms with van der Waals surface area (Å²) in [6, 6.07) is 0. The van der Waals surface area contributed by atoms with E-state index >= 15 is 0 Å². The predicted molar refractivity (Wildman–Crippen MR) is 61.8 cm³/mol. The average Bonchev–Trinajstić information content (AvgIpc) is 2.16. The second-order valence-corrected chi connectivity index (χ2v) is 5.57. The van der Waals surface area contributed by atoms with E-state index in [1.54, 1.807) is 0 Å². The molecule has 2 aliphatic rings. The monoisotopic (exact) mass is 212 g/mol. The minimum atomic E-state index is 0.161. The van der Waals surface area contributed by atoms with Gasteiger partial charge in [-0.05, 0) is 52.0 Å². The van der Waals surface area contributed by atoms with Crippen LogP contribution in [0.15, 0.2) is 0 Å². The fourth-order valence-corrected chi connectivity index (χ4v) is 2.49. The summed E-state index contributed by atoms with van der Waals surface area (Å²) in [6.45, 7) is 5.17. The third kappa shape index (κ3) is 2.92. The van der Waals surface area contributed by atoms with Crippen molar-refractivity contribution >= 4 is 0 Å². The molecular weight excluding hydrogens is 188 g/mol. The third-order valence-electron chi connectivity index (χ3n) is 4.12. The van der Waals surface area contributed by atoms with Crippen LogP contribution in [0.1, 0.15) is 45.4 Å². The van der Waals surface area contributed by atoms with Crippen molar-refractivity contribution in [3.8, 4) is 0 Å². The Labute approximate surface area is 92.7 Å². The van der Waals surface area contributed by atoms with E-state index in [0.717, 1.165) is 39.0 Å². The molecule has 1 saturated carbocycles. The van der Waals surface area contributed by atoms with Gasteiger partial charge in [-0.2, -0.15) is 0 Å². The molecule has 3 N–H and O–H groups in total. The van der Waals surface area contributed by atoms with Gasteiger partial charge in [-0.15, -0.1) is 0 Å². The largest absolute Gasteiger partial charge is 0.381 e. The summed E-state index contributed by atoms with van der Waals surface area (Å²) in [6.07, 6.45) is 7.14. The molecule has 1 aliphatic carbocycles. The lowest BCUT2D eigenvalue weighted by Crippen LogP contribution is -2.52. The van der Waals surface area contributed by atoms with Crippen LogP contribution >= 0.6 is 0 Å². The zero-order valence-electron chi connectivity index (χ0n) is 9.85. The Hall–Kier alpha value is -0.120. The molecule has 0 aromatic carbocycles. The van der Waals surface area contributed by atoms with E-state index in [1.165, 1.54) is 19.3 Å². The number of nitrogens with one attached hydrogen (secondary N) is 1. The van der Waals surface area contributed by atoms with E-state index < -0.39 is 0 Å². The number of hydrogen-bond acceptors (Lipinski definition) is 3. The Bertz CT molecular complexity index is 208. The van der Waals surface area contributed by atoms with Gasteiger partial charge in [-0.25, -0.2) is 0 Å². The van der Waals surface area contributed by atoms with Gasteiger partial charge in [0.15, 0.2) is 0 Å². The first-order chi connectivity index (χ1) is 7.12. The molecule has 0 aromatic rings. The van der Waals surface area contributed by atoms with Gasteiger partial charge in [-0.1, -0.05) is 0 Å². The summed E-state index contributed by atoms with van der Waals surface area (Å²) in [5, 5.41) is 3.66. The minimum absolute atomic E-state index is 0.161. The molecule has 3 nitrogen and oxygen atoms in total. The molecule has 0 radical (unpaired) electrons. The van der Waals surface area contributed by atoms with E-state index in [1.807, 2.05) is 0 Å². The number of rotatable bonds is 4. The Morgan fingerprint density at radius 3 is 2.40 bits per heavy atom. The van der Waals surface area contributed by atoms with Gasteiger partial charge in [0, 0.05) is 24.3 Å². The lowest BCUT2D eigenvalue weighted by Gasteiger charge is -2.40. The number of hydrogen-bond donors (Lipinski definition) is 2. The van der Waals surface area contributed by atoms with Crippen LogP contribution in [0.3, 0.4) is 0 Å². The molecule has 1 saturated heterocycles. The highest BCUT2D eigenvalue weighted by Crippen LogP contribution is 2.32. The van der Waals surface area contributed by atoms with Crippen molar-refractivity contribution in [2.45, 2.75) is 56.5 Å².